The van der Waals surface area contributed by atoms with Gasteiger partial charge in [0.2, 0.25) is 8.32 Å². The van der Waals surface area contributed by atoms with Crippen molar-refractivity contribution >= 4 is 19.9 Å². The number of methoxy groups -OCH3 is 1. The van der Waals surface area contributed by atoms with Crippen LogP contribution in [0.3, 0.4) is 0 Å². The Balaban J connectivity index is 1.92. The lowest BCUT2D eigenvalue weighted by Crippen LogP contribution is -2.45. The molecule has 0 bridgehead atoms. The van der Waals surface area contributed by atoms with E-state index < -0.39 is 25.8 Å². The second-order valence-corrected chi connectivity index (χ2v) is 15.3. The number of nitrogens with zero attached hydrogens (tertiary/aromatic N) is 2. The van der Waals surface area contributed by atoms with Gasteiger partial charge < -0.3 is 4.74 Å². The Hall–Kier alpha value is -3.27. The summed E-state index contributed by atoms with van der Waals surface area (Å²) in [5.41, 5.74) is -0.237. The van der Waals surface area contributed by atoms with Crippen molar-refractivity contribution in [2.45, 2.75) is 50.8 Å². The predicted molar refractivity (Wildman–Crippen MR) is 145 cm³/mol. The molecule has 1 aliphatic heterocycles. The summed E-state index contributed by atoms with van der Waals surface area (Å²) in [5, 5.41) is -0.198. The first kappa shape index (κ1) is 27.8. The molecule has 3 aromatic rings. The van der Waals surface area contributed by atoms with Crippen molar-refractivity contribution in [1.29, 1.82) is 0 Å². The molecule has 9 heteroatoms. The van der Waals surface area contributed by atoms with E-state index in [1.807, 2.05) is 55.6 Å². The van der Waals surface area contributed by atoms with Gasteiger partial charge in [-0.3, -0.25) is 4.58 Å². The van der Waals surface area contributed by atoms with Crippen LogP contribution in [0.15, 0.2) is 88.8 Å². The zero-order chi connectivity index (χ0) is 27.8. The molecule has 38 heavy (non-hydrogen) atoms. The van der Waals surface area contributed by atoms with Crippen LogP contribution >= 0.6 is 0 Å². The van der Waals surface area contributed by atoms with E-state index in [4.69, 9.17) is 24.2 Å². The fraction of sp³-hybridized carbons (Fsp3) is 0.310. The Labute approximate surface area is 222 Å². The van der Waals surface area contributed by atoms with E-state index in [2.05, 4.69) is 20.8 Å². The number of hydrogen-bond acceptors (Lipinski definition) is 5. The van der Waals surface area contributed by atoms with Crippen molar-refractivity contribution in [2.24, 2.45) is 9.98 Å². The highest BCUT2D eigenvalue weighted by atomic mass is 28.4. The van der Waals surface area contributed by atoms with Crippen LogP contribution in [0.25, 0.3) is 0 Å². The number of amidine groups is 1. The molecule has 1 atom stereocenters. The molecule has 5 nitrogen and oxygen atoms in total. The van der Waals surface area contributed by atoms with Gasteiger partial charge >= 0.3 is 6.18 Å². The Kier molecular flexibility index (Phi) is 7.40. The molecule has 0 radical (unpaired) electrons. The number of halogens is 3. The Bertz CT molecular complexity index is 1330. The van der Waals surface area contributed by atoms with Crippen LogP contribution < -0.4 is 4.74 Å². The van der Waals surface area contributed by atoms with Gasteiger partial charge in [0.1, 0.15) is 11.5 Å². The zero-order valence-electron chi connectivity index (χ0n) is 22.3. The lowest BCUT2D eigenvalue weighted by Gasteiger charge is -2.38. The maximum atomic E-state index is 13.4. The van der Waals surface area contributed by atoms with Crippen LogP contribution in [0, 0.1) is 0 Å². The number of alkyl halides is 3. The topological polar surface area (TPSA) is 52.4 Å². The van der Waals surface area contributed by atoms with Crippen molar-refractivity contribution in [3.8, 4) is 5.75 Å². The van der Waals surface area contributed by atoms with Gasteiger partial charge in [0.25, 0.3) is 5.72 Å². The lowest BCUT2D eigenvalue weighted by atomic mass is 9.92. The fourth-order valence-corrected chi connectivity index (χ4v) is 4.20. The van der Waals surface area contributed by atoms with Crippen molar-refractivity contribution in [2.75, 3.05) is 7.11 Å². The largest absolute Gasteiger partial charge is 0.497 e. The highest BCUT2D eigenvalue weighted by Crippen LogP contribution is 2.43. The van der Waals surface area contributed by atoms with Gasteiger partial charge in [-0.1, -0.05) is 63.2 Å². The third-order valence-electron chi connectivity index (χ3n) is 6.98. The summed E-state index contributed by atoms with van der Waals surface area (Å²) < 4.78 is 51.8. The SMILES string of the molecule is COc1ccc(C2=NC(c3ccccc3)=N[C@@]2(OO[Si](C)(C)C(C)(C)C)c2ccc(C(F)(F)F)cc2)cc1. The van der Waals surface area contributed by atoms with Crippen LogP contribution in [0.5, 0.6) is 5.75 Å². The quantitative estimate of drug-likeness (QED) is 0.175. The molecular formula is C29H31F3N2O3Si. The molecule has 0 saturated heterocycles. The van der Waals surface area contributed by atoms with Crippen molar-refractivity contribution in [1.82, 2.24) is 0 Å². The number of rotatable bonds is 7. The molecule has 0 aromatic heterocycles. The standard InChI is InChI=1S/C29H31F3N2O3Si/c1-27(2,3)38(5,6)37-36-28(22-14-16-23(17-15-22)29(30,31)32)25(20-12-18-24(35-4)19-13-20)33-26(34-28)21-10-8-7-9-11-21/h7-19H,1-6H3/t28-/m1/s1. The zero-order valence-corrected chi connectivity index (χ0v) is 23.3. The average molecular weight is 541 g/mol. The van der Waals surface area contributed by atoms with E-state index in [1.165, 1.54) is 12.1 Å². The molecule has 1 aliphatic rings. The Morgan fingerprint density at radius 1 is 0.789 bits per heavy atom. The third-order valence-corrected chi connectivity index (χ3v) is 11.1. The molecule has 0 aliphatic carbocycles. The molecule has 0 spiro atoms. The molecule has 4 rings (SSSR count). The molecule has 0 fully saturated rings. The highest BCUT2D eigenvalue weighted by Gasteiger charge is 2.49. The van der Waals surface area contributed by atoms with Gasteiger partial charge in [0, 0.05) is 16.7 Å². The van der Waals surface area contributed by atoms with E-state index in [-0.39, 0.29) is 5.04 Å². The number of aliphatic imine (C=N–C) groups is 2. The monoisotopic (exact) mass is 540 g/mol. The summed E-state index contributed by atoms with van der Waals surface area (Å²) in [4.78, 5) is 16.1. The molecule has 0 unspecified atom stereocenters. The summed E-state index contributed by atoms with van der Waals surface area (Å²) in [7, 11) is -0.915. The summed E-state index contributed by atoms with van der Waals surface area (Å²) in [5.74, 6) is 1.03. The van der Waals surface area contributed by atoms with E-state index in [1.54, 1.807) is 19.2 Å². The first-order chi connectivity index (χ1) is 17.8. The predicted octanol–water partition coefficient (Wildman–Crippen LogP) is 7.77. The Morgan fingerprint density at radius 3 is 1.92 bits per heavy atom. The molecule has 0 amide bonds. The first-order valence-electron chi connectivity index (χ1n) is 12.2. The third kappa shape index (κ3) is 5.45. The fourth-order valence-electron chi connectivity index (χ4n) is 3.62. The van der Waals surface area contributed by atoms with Crippen molar-refractivity contribution in [3.05, 3.63) is 101 Å². The number of ether oxygens (including phenoxy) is 1. The van der Waals surface area contributed by atoms with Crippen LogP contribution in [0.4, 0.5) is 13.2 Å². The second kappa shape index (κ2) is 10.1. The van der Waals surface area contributed by atoms with E-state index >= 15 is 0 Å². The molecular weight excluding hydrogens is 509 g/mol. The maximum Gasteiger partial charge on any atom is 0.416 e. The normalized spacial score (nSPS) is 18.2. The summed E-state index contributed by atoms with van der Waals surface area (Å²) >= 11 is 0. The van der Waals surface area contributed by atoms with Crippen LogP contribution in [-0.2, 0) is 21.4 Å². The van der Waals surface area contributed by atoms with Gasteiger partial charge in [0.15, 0.2) is 5.84 Å². The molecule has 3 aromatic carbocycles. The molecule has 0 saturated carbocycles. The van der Waals surface area contributed by atoms with Crippen LogP contribution in [0.1, 0.15) is 43.0 Å². The lowest BCUT2D eigenvalue weighted by molar-refractivity contribution is -0.282. The average Bonchev–Trinajstić information content (AvgIpc) is 3.28. The van der Waals surface area contributed by atoms with E-state index in [9.17, 15) is 13.2 Å². The van der Waals surface area contributed by atoms with Crippen molar-refractivity contribution in [3.63, 3.8) is 0 Å². The van der Waals surface area contributed by atoms with Gasteiger partial charge in [-0.15, -0.1) is 0 Å². The highest BCUT2D eigenvalue weighted by molar-refractivity contribution is 6.73. The summed E-state index contributed by atoms with van der Waals surface area (Å²) in [6, 6.07) is 21.3. The van der Waals surface area contributed by atoms with Crippen molar-refractivity contribution < 1.29 is 27.4 Å². The van der Waals surface area contributed by atoms with Gasteiger partial charge in [-0.05, 0) is 54.5 Å². The van der Waals surface area contributed by atoms with Crippen LogP contribution in [-0.4, -0.2) is 27.0 Å². The van der Waals surface area contributed by atoms with Crippen LogP contribution in [0.2, 0.25) is 18.1 Å². The summed E-state index contributed by atoms with van der Waals surface area (Å²) in [6.45, 7) is 10.3. The molecule has 1 heterocycles. The minimum Gasteiger partial charge on any atom is -0.497 e. The van der Waals surface area contributed by atoms with E-state index in [0.717, 1.165) is 17.7 Å². The maximum absolute atomic E-state index is 13.4. The smallest absolute Gasteiger partial charge is 0.416 e. The first-order valence-corrected chi connectivity index (χ1v) is 15.1. The number of benzene rings is 3. The van der Waals surface area contributed by atoms with E-state index in [0.29, 0.717) is 28.4 Å². The second-order valence-electron chi connectivity index (χ2n) is 10.6. The Morgan fingerprint density at radius 2 is 1.39 bits per heavy atom. The van der Waals surface area contributed by atoms with Gasteiger partial charge in [-0.2, -0.15) is 13.2 Å². The molecule has 0 N–H and O–H groups in total. The minimum absolute atomic E-state index is 0.198. The van der Waals surface area contributed by atoms with Gasteiger partial charge in [-0.25, -0.2) is 14.9 Å². The van der Waals surface area contributed by atoms with Gasteiger partial charge in [0.05, 0.1) is 12.7 Å². The number of hydrogen-bond donors (Lipinski definition) is 0. The summed E-state index contributed by atoms with van der Waals surface area (Å²) in [6.07, 6.45) is -4.48. The molecule has 200 valence electrons. The minimum atomic E-state index is -4.48.